The zero-order chi connectivity index (χ0) is 18.4. The van der Waals surface area contributed by atoms with E-state index in [0.29, 0.717) is 9.52 Å². The summed E-state index contributed by atoms with van der Waals surface area (Å²) in [5, 5.41) is 22.1. The van der Waals surface area contributed by atoms with E-state index in [4.69, 9.17) is 12.2 Å². The van der Waals surface area contributed by atoms with Crippen molar-refractivity contribution < 1.29 is 19.2 Å². The number of hydrogen-bond donors (Lipinski definition) is 3. The summed E-state index contributed by atoms with van der Waals surface area (Å²) >= 11 is 5.92. The van der Waals surface area contributed by atoms with E-state index in [0.717, 1.165) is 11.3 Å². The van der Waals surface area contributed by atoms with Crippen molar-refractivity contribution >= 4 is 46.4 Å². The molecule has 0 radical (unpaired) electrons. The van der Waals surface area contributed by atoms with E-state index in [1.807, 2.05) is 0 Å². The van der Waals surface area contributed by atoms with Gasteiger partial charge < -0.3 is 10.1 Å². The van der Waals surface area contributed by atoms with E-state index in [1.54, 1.807) is 0 Å². The number of H-pyrrole nitrogens is 1. The molecule has 2 amide bonds. The Kier molecular flexibility index (Phi) is 6.14. The summed E-state index contributed by atoms with van der Waals surface area (Å²) in [4.78, 5) is 34.0. The smallest absolute Gasteiger partial charge is 0.328 e. The zero-order valence-corrected chi connectivity index (χ0v) is 14.5. The van der Waals surface area contributed by atoms with Crippen LogP contribution in [-0.4, -0.2) is 40.3 Å². The van der Waals surface area contributed by atoms with Crippen LogP contribution in [0.2, 0.25) is 0 Å². The van der Waals surface area contributed by atoms with Crippen molar-refractivity contribution in [2.24, 2.45) is 0 Å². The minimum Gasteiger partial charge on any atom is -0.467 e. The van der Waals surface area contributed by atoms with Gasteiger partial charge in [-0.3, -0.25) is 20.5 Å². The van der Waals surface area contributed by atoms with Crippen LogP contribution in [0, 0.1) is 14.1 Å². The van der Waals surface area contributed by atoms with E-state index in [2.05, 4.69) is 25.6 Å². The first-order valence-corrected chi connectivity index (χ1v) is 8.05. The molecule has 1 aromatic carbocycles. The van der Waals surface area contributed by atoms with Gasteiger partial charge >= 0.3 is 12.0 Å². The van der Waals surface area contributed by atoms with Gasteiger partial charge in [-0.25, -0.2) is 9.59 Å². The van der Waals surface area contributed by atoms with Gasteiger partial charge in [0.25, 0.3) is 5.69 Å². The number of anilines is 1. The number of urea groups is 1. The summed E-state index contributed by atoms with van der Waals surface area (Å²) in [7, 11) is 1.20. The quantitative estimate of drug-likeness (QED) is 0.300. The van der Waals surface area contributed by atoms with Gasteiger partial charge in [0.1, 0.15) is 6.04 Å². The minimum atomic E-state index is -0.974. The Labute approximate surface area is 150 Å². The number of methoxy groups -OCH3 is 1. The van der Waals surface area contributed by atoms with Crippen LogP contribution in [0.25, 0.3) is 0 Å². The molecule has 2 aromatic rings. The molecule has 0 fully saturated rings. The van der Waals surface area contributed by atoms with Gasteiger partial charge in [-0.2, -0.15) is 0 Å². The molecule has 2 rings (SSSR count). The number of nitrogens with zero attached hydrogens (tertiary/aromatic N) is 2. The molecular weight excluding hydrogens is 370 g/mol. The van der Waals surface area contributed by atoms with Crippen LogP contribution in [0.1, 0.15) is 5.56 Å². The lowest BCUT2D eigenvalue weighted by molar-refractivity contribution is -0.384. The second kappa shape index (κ2) is 8.30. The van der Waals surface area contributed by atoms with Crippen molar-refractivity contribution in [1.29, 1.82) is 0 Å². The normalized spacial score (nSPS) is 11.4. The van der Waals surface area contributed by atoms with Gasteiger partial charge in [-0.15, -0.1) is 5.10 Å². The van der Waals surface area contributed by atoms with Gasteiger partial charge in [0.15, 0.2) is 3.95 Å². The third-order valence-corrected chi connectivity index (χ3v) is 4.04. The highest BCUT2D eigenvalue weighted by molar-refractivity contribution is 7.73. The summed E-state index contributed by atoms with van der Waals surface area (Å²) in [5.41, 5.74) is 0.556. The number of aromatic amines is 1. The first kappa shape index (κ1) is 18.5. The number of non-ortho nitro benzene ring substituents is 1. The molecule has 25 heavy (non-hydrogen) atoms. The van der Waals surface area contributed by atoms with E-state index < -0.39 is 23.0 Å². The fourth-order valence-electron chi connectivity index (χ4n) is 1.90. The largest absolute Gasteiger partial charge is 0.467 e. The Bertz CT molecular complexity index is 832. The molecule has 0 spiro atoms. The first-order chi connectivity index (χ1) is 11.9. The number of esters is 1. The van der Waals surface area contributed by atoms with Crippen LogP contribution in [0.3, 0.4) is 0 Å². The van der Waals surface area contributed by atoms with E-state index in [-0.39, 0.29) is 17.2 Å². The fourth-order valence-corrected chi connectivity index (χ4v) is 2.68. The number of hydrogen-bond acceptors (Lipinski definition) is 8. The molecule has 1 unspecified atom stereocenters. The van der Waals surface area contributed by atoms with Gasteiger partial charge in [0.2, 0.25) is 5.13 Å². The van der Waals surface area contributed by atoms with Crippen molar-refractivity contribution in [2.75, 3.05) is 12.4 Å². The van der Waals surface area contributed by atoms with Crippen LogP contribution in [-0.2, 0) is 16.0 Å². The number of carbonyl (C=O) groups excluding carboxylic acids is 2. The molecule has 1 aromatic heterocycles. The lowest BCUT2D eigenvalue weighted by Gasteiger charge is -2.16. The molecule has 10 nitrogen and oxygen atoms in total. The first-order valence-electron chi connectivity index (χ1n) is 6.83. The highest BCUT2D eigenvalue weighted by Crippen LogP contribution is 2.14. The number of nitrogens with one attached hydrogen (secondary N) is 3. The average Bonchev–Trinajstić information content (AvgIpc) is 2.98. The van der Waals surface area contributed by atoms with E-state index >= 15 is 0 Å². The maximum absolute atomic E-state index is 12.0. The number of benzene rings is 1. The number of ether oxygens (including phenoxy) is 1. The van der Waals surface area contributed by atoms with Gasteiger partial charge in [-0.1, -0.05) is 23.5 Å². The second-order valence-electron chi connectivity index (χ2n) is 4.72. The second-order valence-corrected chi connectivity index (χ2v) is 6.39. The molecule has 0 aliphatic rings. The Morgan fingerprint density at radius 1 is 1.44 bits per heavy atom. The van der Waals surface area contributed by atoms with Crippen molar-refractivity contribution in [3.05, 3.63) is 43.9 Å². The van der Waals surface area contributed by atoms with Crippen LogP contribution >= 0.6 is 23.6 Å². The van der Waals surface area contributed by atoms with Crippen molar-refractivity contribution in [1.82, 2.24) is 15.5 Å². The highest BCUT2D eigenvalue weighted by atomic mass is 32.1. The maximum atomic E-state index is 12.0. The summed E-state index contributed by atoms with van der Waals surface area (Å²) in [5.74, 6) is -0.650. The van der Waals surface area contributed by atoms with Crippen molar-refractivity contribution in [2.45, 2.75) is 12.5 Å². The zero-order valence-electron chi connectivity index (χ0n) is 12.8. The van der Waals surface area contributed by atoms with Crippen LogP contribution in [0.4, 0.5) is 15.6 Å². The maximum Gasteiger partial charge on any atom is 0.328 e. The molecule has 0 saturated carbocycles. The monoisotopic (exact) mass is 383 g/mol. The van der Waals surface area contributed by atoms with Gasteiger partial charge in [0, 0.05) is 18.6 Å². The molecule has 1 atom stereocenters. The molecule has 1 heterocycles. The predicted octanol–water partition coefficient (Wildman–Crippen LogP) is 2.01. The Balaban J connectivity index is 2.05. The summed E-state index contributed by atoms with van der Waals surface area (Å²) < 4.78 is 5.07. The number of nitro groups is 1. The fraction of sp³-hybridized carbons (Fsp3) is 0.231. The molecule has 0 aliphatic heterocycles. The number of rotatable bonds is 6. The number of amides is 2. The molecule has 0 bridgehead atoms. The number of aromatic nitrogens is 2. The Morgan fingerprint density at radius 2 is 2.12 bits per heavy atom. The molecular formula is C13H13N5O5S2. The Hall–Kier alpha value is -2.86. The highest BCUT2D eigenvalue weighted by Gasteiger charge is 2.22. The SMILES string of the molecule is COC(=O)C(Cc1ccc([N+](=O)[O-])cc1)NC(=O)Nc1n[nH]c(=S)s1. The molecule has 0 saturated heterocycles. The third kappa shape index (κ3) is 5.32. The minimum absolute atomic E-state index is 0.0659. The van der Waals surface area contributed by atoms with Crippen molar-refractivity contribution in [3.63, 3.8) is 0 Å². The Morgan fingerprint density at radius 3 is 2.64 bits per heavy atom. The average molecular weight is 383 g/mol. The molecule has 3 N–H and O–H groups in total. The van der Waals surface area contributed by atoms with Gasteiger partial charge in [-0.05, 0) is 17.8 Å². The van der Waals surface area contributed by atoms with Crippen molar-refractivity contribution in [3.8, 4) is 0 Å². The lowest BCUT2D eigenvalue weighted by Crippen LogP contribution is -2.45. The van der Waals surface area contributed by atoms with E-state index in [9.17, 15) is 19.7 Å². The summed E-state index contributed by atoms with van der Waals surface area (Å²) in [6.45, 7) is 0. The topological polar surface area (TPSA) is 139 Å². The summed E-state index contributed by atoms with van der Waals surface area (Å²) in [6.07, 6.45) is 0.106. The van der Waals surface area contributed by atoms with Crippen LogP contribution in [0.5, 0.6) is 0 Å². The predicted molar refractivity (Wildman–Crippen MR) is 92.1 cm³/mol. The van der Waals surface area contributed by atoms with Crippen LogP contribution in [0.15, 0.2) is 24.3 Å². The van der Waals surface area contributed by atoms with Crippen LogP contribution < -0.4 is 10.6 Å². The molecule has 132 valence electrons. The third-order valence-electron chi connectivity index (χ3n) is 3.04. The number of carbonyl (C=O) groups is 2. The van der Waals surface area contributed by atoms with E-state index in [1.165, 1.54) is 31.4 Å². The standard InChI is InChI=1S/C13H13N5O5S2/c1-23-10(19)9(6-7-2-4-8(5-3-7)18(21)22)14-11(20)15-12-16-17-13(24)25-12/h2-5,9H,6H2,1H3,(H,17,24)(H2,14,15,16,20). The lowest BCUT2D eigenvalue weighted by atomic mass is 10.1. The number of nitro benzene ring substituents is 1. The molecule has 0 aliphatic carbocycles. The van der Waals surface area contributed by atoms with Gasteiger partial charge in [0.05, 0.1) is 12.0 Å². The molecule has 12 heteroatoms. The summed E-state index contributed by atoms with van der Waals surface area (Å²) in [6, 6.07) is 4.02.